The van der Waals surface area contributed by atoms with Crippen molar-refractivity contribution >= 4 is 17.4 Å². The second-order valence-corrected chi connectivity index (χ2v) is 10.1. The van der Waals surface area contributed by atoms with Gasteiger partial charge in [-0.1, -0.05) is 20.3 Å². The Morgan fingerprint density at radius 1 is 1.15 bits per heavy atom. The topological polar surface area (TPSA) is 49.7 Å². The second-order valence-electron chi connectivity index (χ2n) is 10.1. The van der Waals surface area contributed by atoms with Crippen LogP contribution in [0.5, 0.6) is 0 Å². The minimum atomic E-state index is -0.454. The molecular formula is C23H36N2O2. The Hall–Kier alpha value is -1.19. The van der Waals surface area contributed by atoms with Gasteiger partial charge < -0.3 is 4.90 Å². The van der Waals surface area contributed by atoms with Crippen molar-refractivity contribution in [2.75, 3.05) is 19.6 Å². The maximum absolute atomic E-state index is 13.0. The normalized spacial score (nSPS) is 43.4. The minimum Gasteiger partial charge on any atom is -0.343 e. The first-order valence-corrected chi connectivity index (χ1v) is 11.2. The number of rotatable bonds is 3. The van der Waals surface area contributed by atoms with Crippen molar-refractivity contribution < 1.29 is 9.59 Å². The summed E-state index contributed by atoms with van der Waals surface area (Å²) in [7, 11) is 0. The molecule has 3 saturated carbocycles. The Balaban J connectivity index is 1.63. The zero-order valence-electron chi connectivity index (χ0n) is 17.6. The van der Waals surface area contributed by atoms with Crippen molar-refractivity contribution in [3.8, 4) is 0 Å². The molecule has 150 valence electrons. The molecular weight excluding hydrogens is 336 g/mol. The molecule has 4 rings (SSSR count). The van der Waals surface area contributed by atoms with Crippen LogP contribution in [-0.2, 0) is 9.59 Å². The summed E-state index contributed by atoms with van der Waals surface area (Å²) in [6.45, 7) is 11.1. The molecule has 0 aromatic rings. The average Bonchev–Trinajstić information content (AvgIpc) is 3.04. The van der Waals surface area contributed by atoms with Crippen LogP contribution < -0.4 is 0 Å². The zero-order valence-corrected chi connectivity index (χ0v) is 17.6. The van der Waals surface area contributed by atoms with Crippen LogP contribution in [0, 0.1) is 34.5 Å². The molecule has 0 spiro atoms. The summed E-state index contributed by atoms with van der Waals surface area (Å²) < 4.78 is 0. The Labute approximate surface area is 164 Å². The summed E-state index contributed by atoms with van der Waals surface area (Å²) >= 11 is 0. The lowest BCUT2D eigenvalue weighted by Gasteiger charge is -2.56. The van der Waals surface area contributed by atoms with E-state index in [1.807, 2.05) is 18.7 Å². The van der Waals surface area contributed by atoms with Gasteiger partial charge in [0.1, 0.15) is 0 Å². The van der Waals surface area contributed by atoms with Gasteiger partial charge in [0.05, 0.1) is 5.92 Å². The van der Waals surface area contributed by atoms with E-state index in [1.165, 1.54) is 32.1 Å². The molecule has 6 atom stereocenters. The smallest absolute Gasteiger partial charge is 0.233 e. The maximum atomic E-state index is 13.0. The number of hydrogen-bond acceptors (Lipinski definition) is 3. The predicted molar refractivity (Wildman–Crippen MR) is 108 cm³/mol. The molecule has 0 saturated heterocycles. The number of Topliss-reactive ketones (excluding diaryl/α,β-unsaturated/α-hetero) is 1. The molecule has 0 bridgehead atoms. The molecule has 3 aliphatic carbocycles. The van der Waals surface area contributed by atoms with Gasteiger partial charge >= 0.3 is 0 Å². The van der Waals surface area contributed by atoms with Crippen LogP contribution in [0.4, 0.5) is 0 Å². The summed E-state index contributed by atoms with van der Waals surface area (Å²) in [4.78, 5) is 32.7. The van der Waals surface area contributed by atoms with Crippen LogP contribution in [0.2, 0.25) is 0 Å². The average molecular weight is 373 g/mol. The van der Waals surface area contributed by atoms with Gasteiger partial charge in [-0.2, -0.15) is 0 Å². The highest BCUT2D eigenvalue weighted by atomic mass is 16.2. The van der Waals surface area contributed by atoms with Crippen molar-refractivity contribution in [3.63, 3.8) is 0 Å². The standard InChI is InChI=1S/C23H36N2O2/c1-5-25(6-2)21(27)15-13-23(4)18-9-11-22(3)10-7-8-17(22)16(18)14-24-20(23)12-19(15)26/h15-18H,5-14H2,1-4H3/t15?,16-,17-,18+,22-,23+/m0/s1. The van der Waals surface area contributed by atoms with Gasteiger partial charge in [-0.25, -0.2) is 0 Å². The fourth-order valence-corrected chi connectivity index (χ4v) is 7.27. The number of carbonyl (C=O) groups is 2. The third-order valence-corrected chi connectivity index (χ3v) is 8.92. The highest BCUT2D eigenvalue weighted by Gasteiger charge is 2.58. The number of carbonyl (C=O) groups excluding carboxylic acids is 2. The fraction of sp³-hybridized carbons (Fsp3) is 0.870. The number of amides is 1. The van der Waals surface area contributed by atoms with Gasteiger partial charge in [0.25, 0.3) is 0 Å². The van der Waals surface area contributed by atoms with Crippen molar-refractivity contribution in [2.24, 2.45) is 39.5 Å². The summed E-state index contributed by atoms with van der Waals surface area (Å²) in [5.74, 6) is 1.73. The molecule has 0 aromatic carbocycles. The third kappa shape index (κ3) is 2.81. The van der Waals surface area contributed by atoms with Gasteiger partial charge in [-0.15, -0.1) is 0 Å². The Morgan fingerprint density at radius 3 is 2.59 bits per heavy atom. The first-order valence-electron chi connectivity index (χ1n) is 11.2. The van der Waals surface area contributed by atoms with Gasteiger partial charge in [0.15, 0.2) is 5.78 Å². The monoisotopic (exact) mass is 372 g/mol. The lowest BCUT2D eigenvalue weighted by Crippen LogP contribution is -2.57. The lowest BCUT2D eigenvalue weighted by atomic mass is 9.49. The SMILES string of the molecule is CCN(CC)C(=O)C1C[C@@]2(C)C(=NC[C@@H]3[C@H]2CC[C@]2(C)CCC[C@@H]32)CC1=O. The van der Waals surface area contributed by atoms with Gasteiger partial charge in [0, 0.05) is 37.2 Å². The van der Waals surface area contributed by atoms with E-state index < -0.39 is 5.92 Å². The number of hydrogen-bond donors (Lipinski definition) is 0. The third-order valence-electron chi connectivity index (χ3n) is 8.92. The van der Waals surface area contributed by atoms with Crippen molar-refractivity contribution in [1.29, 1.82) is 0 Å². The van der Waals surface area contributed by atoms with E-state index in [0.29, 0.717) is 43.2 Å². The molecule has 0 aromatic heterocycles. The van der Waals surface area contributed by atoms with Crippen LogP contribution in [-0.4, -0.2) is 41.9 Å². The number of aliphatic imine (C=N–C) groups is 1. The van der Waals surface area contributed by atoms with Crippen LogP contribution in [0.25, 0.3) is 0 Å². The highest BCUT2D eigenvalue weighted by Crippen LogP contribution is 2.62. The van der Waals surface area contributed by atoms with Crippen LogP contribution in [0.1, 0.15) is 72.6 Å². The predicted octanol–water partition coefficient (Wildman–Crippen LogP) is 4.13. The van der Waals surface area contributed by atoms with E-state index in [1.54, 1.807) is 0 Å². The van der Waals surface area contributed by atoms with Crippen LogP contribution in [0.15, 0.2) is 4.99 Å². The molecule has 1 heterocycles. The number of nitrogens with zero attached hydrogens (tertiary/aromatic N) is 2. The molecule has 0 N–H and O–H groups in total. The molecule has 1 amide bonds. The molecule has 27 heavy (non-hydrogen) atoms. The molecule has 4 aliphatic rings. The van der Waals surface area contributed by atoms with Gasteiger partial charge in [0.2, 0.25) is 5.91 Å². The molecule has 1 unspecified atom stereocenters. The molecule has 4 nitrogen and oxygen atoms in total. The van der Waals surface area contributed by atoms with E-state index in [4.69, 9.17) is 4.99 Å². The molecule has 1 aliphatic heterocycles. The maximum Gasteiger partial charge on any atom is 0.233 e. The molecule has 3 fully saturated rings. The van der Waals surface area contributed by atoms with E-state index in [0.717, 1.165) is 18.2 Å². The van der Waals surface area contributed by atoms with Gasteiger partial charge in [-0.3, -0.25) is 14.6 Å². The van der Waals surface area contributed by atoms with Crippen molar-refractivity contribution in [2.45, 2.75) is 72.6 Å². The van der Waals surface area contributed by atoms with E-state index >= 15 is 0 Å². The summed E-state index contributed by atoms with van der Waals surface area (Å²) in [5.41, 5.74) is 1.55. The largest absolute Gasteiger partial charge is 0.343 e. The molecule has 0 radical (unpaired) electrons. The fourth-order valence-electron chi connectivity index (χ4n) is 7.27. The van der Waals surface area contributed by atoms with Gasteiger partial charge in [-0.05, 0) is 69.1 Å². The first kappa shape index (κ1) is 19.1. The Bertz CT molecular complexity index is 667. The second kappa shape index (κ2) is 6.70. The quantitative estimate of drug-likeness (QED) is 0.700. The van der Waals surface area contributed by atoms with Crippen molar-refractivity contribution in [1.82, 2.24) is 4.90 Å². The number of ketones is 1. The summed E-state index contributed by atoms with van der Waals surface area (Å²) in [6.07, 6.45) is 7.72. The Morgan fingerprint density at radius 2 is 1.89 bits per heavy atom. The summed E-state index contributed by atoms with van der Waals surface area (Å²) in [6, 6.07) is 0. The van der Waals surface area contributed by atoms with Crippen molar-refractivity contribution in [3.05, 3.63) is 0 Å². The first-order chi connectivity index (χ1) is 12.8. The summed E-state index contributed by atoms with van der Waals surface area (Å²) in [5, 5.41) is 0. The van der Waals surface area contributed by atoms with Crippen LogP contribution in [0.3, 0.4) is 0 Å². The van der Waals surface area contributed by atoms with E-state index in [-0.39, 0.29) is 17.1 Å². The minimum absolute atomic E-state index is 0.0499. The lowest BCUT2D eigenvalue weighted by molar-refractivity contribution is -0.143. The number of fused-ring (bicyclic) bond motifs is 5. The van der Waals surface area contributed by atoms with Crippen LogP contribution >= 0.6 is 0 Å². The van der Waals surface area contributed by atoms with E-state index in [9.17, 15) is 9.59 Å². The zero-order chi connectivity index (χ0) is 19.4. The highest BCUT2D eigenvalue weighted by molar-refractivity contribution is 6.14. The molecule has 4 heteroatoms. The van der Waals surface area contributed by atoms with E-state index in [2.05, 4.69) is 13.8 Å². The Kier molecular flexibility index (Phi) is 4.75.